The zero-order chi connectivity index (χ0) is 17.8. The van der Waals surface area contributed by atoms with Crippen molar-refractivity contribution < 1.29 is 28.4 Å². The van der Waals surface area contributed by atoms with E-state index in [9.17, 15) is 0 Å². The van der Waals surface area contributed by atoms with E-state index in [2.05, 4.69) is 0 Å². The van der Waals surface area contributed by atoms with E-state index in [0.717, 1.165) is 11.3 Å². The van der Waals surface area contributed by atoms with Crippen LogP contribution in [-0.2, 0) is 23.7 Å². The molecule has 0 aromatic heterocycles. The minimum Gasteiger partial charge on any atom is -0.497 e. The fraction of sp³-hybridized carbons (Fsp3) is 0.684. The molecule has 0 bridgehead atoms. The Morgan fingerprint density at radius 2 is 1.52 bits per heavy atom. The van der Waals surface area contributed by atoms with Crippen molar-refractivity contribution in [2.24, 2.45) is 0 Å². The zero-order valence-corrected chi connectivity index (χ0v) is 15.4. The van der Waals surface area contributed by atoms with Gasteiger partial charge in [0.2, 0.25) is 0 Å². The molecule has 0 radical (unpaired) electrons. The van der Waals surface area contributed by atoms with Gasteiger partial charge in [-0.05, 0) is 45.4 Å². The second kappa shape index (κ2) is 5.93. The lowest BCUT2D eigenvalue weighted by Gasteiger charge is -2.48. The molecule has 138 valence electrons. The molecule has 0 amide bonds. The first kappa shape index (κ1) is 17.2. The topological polar surface area (TPSA) is 55.4 Å². The summed E-state index contributed by atoms with van der Waals surface area (Å²) in [7, 11) is 1.65. The maximum absolute atomic E-state index is 6.35. The van der Waals surface area contributed by atoms with E-state index in [1.165, 1.54) is 0 Å². The molecule has 0 spiro atoms. The minimum absolute atomic E-state index is 0.195. The summed E-state index contributed by atoms with van der Waals surface area (Å²) >= 11 is 0. The van der Waals surface area contributed by atoms with Crippen LogP contribution in [0, 0.1) is 0 Å². The van der Waals surface area contributed by atoms with Crippen molar-refractivity contribution in [3.8, 4) is 5.75 Å². The molecular weight excluding hydrogens is 324 g/mol. The summed E-state index contributed by atoms with van der Waals surface area (Å²) in [6, 6.07) is 7.86. The van der Waals surface area contributed by atoms with Crippen molar-refractivity contribution in [3.63, 3.8) is 0 Å². The van der Waals surface area contributed by atoms with Crippen LogP contribution in [0.15, 0.2) is 24.3 Å². The standard InChI is InChI=1S/C19H26O6/c1-18(2)21-10-13-15(23-18)17-16(24-19(3,4)25-17)14(22-13)11-6-8-12(20-5)9-7-11/h6-9,13-17H,10H2,1-5H3/t13-,14-,15?,16-,17+/m1/s1. The molecule has 25 heavy (non-hydrogen) atoms. The summed E-state index contributed by atoms with van der Waals surface area (Å²) in [4.78, 5) is 0. The monoisotopic (exact) mass is 350 g/mol. The number of methoxy groups -OCH3 is 1. The highest BCUT2D eigenvalue weighted by Crippen LogP contribution is 2.46. The van der Waals surface area contributed by atoms with E-state index in [-0.39, 0.29) is 30.5 Å². The number of benzene rings is 1. The van der Waals surface area contributed by atoms with Crippen molar-refractivity contribution in [1.29, 1.82) is 0 Å². The second-order valence-electron chi connectivity index (χ2n) is 7.73. The molecule has 5 atom stereocenters. The summed E-state index contributed by atoms with van der Waals surface area (Å²) in [6.07, 6.45) is -1.10. The fourth-order valence-corrected chi connectivity index (χ4v) is 3.84. The van der Waals surface area contributed by atoms with Gasteiger partial charge in [0.05, 0.1) is 13.7 Å². The minimum atomic E-state index is -0.676. The van der Waals surface area contributed by atoms with Crippen LogP contribution < -0.4 is 4.74 Å². The summed E-state index contributed by atoms with van der Waals surface area (Å²) in [6.45, 7) is 8.15. The Balaban J connectivity index is 1.65. The molecule has 3 aliphatic heterocycles. The van der Waals surface area contributed by atoms with Crippen LogP contribution >= 0.6 is 0 Å². The molecule has 0 N–H and O–H groups in total. The third-order valence-corrected chi connectivity index (χ3v) is 4.93. The van der Waals surface area contributed by atoms with Crippen molar-refractivity contribution in [2.45, 2.75) is 69.8 Å². The van der Waals surface area contributed by atoms with Crippen LogP contribution in [0.1, 0.15) is 39.4 Å². The summed E-state index contributed by atoms with van der Waals surface area (Å²) < 4.78 is 35.9. The molecule has 6 heteroatoms. The molecule has 1 aromatic carbocycles. The Hall–Kier alpha value is -1.18. The normalized spacial score (nSPS) is 38.7. The fourth-order valence-electron chi connectivity index (χ4n) is 3.84. The Morgan fingerprint density at radius 1 is 0.880 bits per heavy atom. The lowest BCUT2D eigenvalue weighted by atomic mass is 9.90. The van der Waals surface area contributed by atoms with Crippen molar-refractivity contribution >= 4 is 0 Å². The van der Waals surface area contributed by atoms with Gasteiger partial charge in [0.1, 0.15) is 36.3 Å². The highest BCUT2D eigenvalue weighted by Gasteiger charge is 2.58. The van der Waals surface area contributed by atoms with E-state index >= 15 is 0 Å². The van der Waals surface area contributed by atoms with E-state index in [4.69, 9.17) is 28.4 Å². The van der Waals surface area contributed by atoms with E-state index < -0.39 is 11.6 Å². The van der Waals surface area contributed by atoms with Gasteiger partial charge in [-0.25, -0.2) is 0 Å². The molecule has 1 unspecified atom stereocenters. The third-order valence-electron chi connectivity index (χ3n) is 4.93. The number of hydrogen-bond donors (Lipinski definition) is 0. The molecule has 3 aliphatic rings. The van der Waals surface area contributed by atoms with Crippen LogP contribution in [0.5, 0.6) is 5.75 Å². The first-order chi connectivity index (χ1) is 11.8. The highest BCUT2D eigenvalue weighted by molar-refractivity contribution is 5.30. The predicted molar refractivity (Wildman–Crippen MR) is 89.3 cm³/mol. The zero-order valence-electron chi connectivity index (χ0n) is 15.4. The van der Waals surface area contributed by atoms with Gasteiger partial charge in [0.25, 0.3) is 0 Å². The highest BCUT2D eigenvalue weighted by atomic mass is 16.8. The van der Waals surface area contributed by atoms with Gasteiger partial charge in [-0.15, -0.1) is 0 Å². The van der Waals surface area contributed by atoms with Crippen LogP contribution in [0.25, 0.3) is 0 Å². The molecule has 3 heterocycles. The lowest BCUT2D eigenvalue weighted by Crippen LogP contribution is -2.61. The van der Waals surface area contributed by atoms with Crippen LogP contribution in [-0.4, -0.2) is 49.7 Å². The summed E-state index contributed by atoms with van der Waals surface area (Å²) in [5.41, 5.74) is 1.03. The number of fused-ring (bicyclic) bond motifs is 3. The average Bonchev–Trinajstić information content (AvgIpc) is 2.89. The van der Waals surface area contributed by atoms with E-state index in [1.54, 1.807) is 7.11 Å². The third kappa shape index (κ3) is 3.17. The van der Waals surface area contributed by atoms with Gasteiger partial charge >= 0.3 is 0 Å². The average molecular weight is 350 g/mol. The van der Waals surface area contributed by atoms with E-state index in [0.29, 0.717) is 6.61 Å². The first-order valence-corrected chi connectivity index (χ1v) is 8.75. The lowest BCUT2D eigenvalue weighted by molar-refractivity contribution is -0.349. The maximum atomic E-state index is 6.35. The van der Waals surface area contributed by atoms with Gasteiger partial charge in [-0.1, -0.05) is 12.1 Å². The Morgan fingerprint density at radius 3 is 2.20 bits per heavy atom. The quantitative estimate of drug-likeness (QED) is 0.818. The molecule has 6 nitrogen and oxygen atoms in total. The second-order valence-corrected chi connectivity index (χ2v) is 7.73. The van der Waals surface area contributed by atoms with Gasteiger partial charge in [0, 0.05) is 0 Å². The molecule has 1 aromatic rings. The SMILES string of the molecule is COc1ccc([C@H]2O[C@@H]3COC(C)(C)OC3[C@@H]3OC(C)(C)O[C@H]23)cc1. The molecule has 3 fully saturated rings. The predicted octanol–water partition coefficient (Wildman–Crippen LogP) is 2.81. The Kier molecular flexibility index (Phi) is 4.09. The molecule has 4 rings (SSSR count). The molecule has 0 aliphatic carbocycles. The Labute approximate surface area is 148 Å². The van der Waals surface area contributed by atoms with Crippen LogP contribution in [0.3, 0.4) is 0 Å². The molecular formula is C19H26O6. The van der Waals surface area contributed by atoms with Gasteiger partial charge < -0.3 is 28.4 Å². The van der Waals surface area contributed by atoms with Crippen molar-refractivity contribution in [1.82, 2.24) is 0 Å². The largest absolute Gasteiger partial charge is 0.497 e. The maximum Gasteiger partial charge on any atom is 0.164 e. The van der Waals surface area contributed by atoms with Crippen LogP contribution in [0.4, 0.5) is 0 Å². The number of hydrogen-bond acceptors (Lipinski definition) is 6. The summed E-state index contributed by atoms with van der Waals surface area (Å²) in [5.74, 6) is -0.522. The molecule has 3 saturated heterocycles. The first-order valence-electron chi connectivity index (χ1n) is 8.75. The van der Waals surface area contributed by atoms with Gasteiger partial charge in [0.15, 0.2) is 11.6 Å². The number of ether oxygens (including phenoxy) is 6. The molecule has 0 saturated carbocycles. The van der Waals surface area contributed by atoms with Crippen molar-refractivity contribution in [2.75, 3.05) is 13.7 Å². The van der Waals surface area contributed by atoms with Crippen molar-refractivity contribution in [3.05, 3.63) is 29.8 Å². The van der Waals surface area contributed by atoms with Gasteiger partial charge in [-0.2, -0.15) is 0 Å². The summed E-state index contributed by atoms with van der Waals surface area (Å²) in [5, 5.41) is 0. The Bertz CT molecular complexity index is 625. The van der Waals surface area contributed by atoms with Gasteiger partial charge in [-0.3, -0.25) is 0 Å². The van der Waals surface area contributed by atoms with E-state index in [1.807, 2.05) is 52.0 Å². The number of rotatable bonds is 2. The smallest absolute Gasteiger partial charge is 0.164 e. The van der Waals surface area contributed by atoms with Crippen LogP contribution in [0.2, 0.25) is 0 Å².